The minimum Gasteiger partial charge on any atom is -0.396 e. The molecule has 1 rings (SSSR count). The first-order valence-corrected chi connectivity index (χ1v) is 6.36. The number of aliphatic hydroxyl groups is 1. The Labute approximate surface area is 104 Å². The maximum Gasteiger partial charge on any atom is 0.0535 e. The molecule has 1 atom stereocenters. The molecule has 0 radical (unpaired) electrons. The summed E-state index contributed by atoms with van der Waals surface area (Å²) in [6.07, 6.45) is 3.72. The van der Waals surface area contributed by atoms with Crippen LogP contribution in [-0.4, -0.2) is 28.0 Å². The summed E-state index contributed by atoms with van der Waals surface area (Å²) >= 11 is 0. The van der Waals surface area contributed by atoms with Crippen molar-refractivity contribution in [3.8, 4) is 0 Å². The van der Waals surface area contributed by atoms with Crippen LogP contribution in [0.1, 0.15) is 51.8 Å². The van der Waals surface area contributed by atoms with E-state index in [9.17, 15) is 0 Å². The van der Waals surface area contributed by atoms with Crippen molar-refractivity contribution in [2.45, 2.75) is 58.5 Å². The SMILES string of the molecule is CCC(CCO)NCc1cn[nH]c1C(C)(C)C. The first kappa shape index (κ1) is 14.2. The van der Waals surface area contributed by atoms with E-state index >= 15 is 0 Å². The lowest BCUT2D eigenvalue weighted by Crippen LogP contribution is -2.29. The number of nitrogens with one attached hydrogen (secondary N) is 2. The zero-order valence-electron chi connectivity index (χ0n) is 11.4. The van der Waals surface area contributed by atoms with E-state index in [1.807, 2.05) is 6.20 Å². The molecule has 0 saturated heterocycles. The number of hydrogen-bond donors (Lipinski definition) is 3. The van der Waals surface area contributed by atoms with Gasteiger partial charge in [0, 0.05) is 35.9 Å². The van der Waals surface area contributed by atoms with Gasteiger partial charge >= 0.3 is 0 Å². The fourth-order valence-electron chi connectivity index (χ4n) is 1.96. The first-order chi connectivity index (χ1) is 7.99. The molecule has 17 heavy (non-hydrogen) atoms. The van der Waals surface area contributed by atoms with Crippen molar-refractivity contribution in [1.29, 1.82) is 0 Å². The van der Waals surface area contributed by atoms with Gasteiger partial charge in [0.25, 0.3) is 0 Å². The Morgan fingerprint density at radius 1 is 1.47 bits per heavy atom. The van der Waals surface area contributed by atoms with Crippen LogP contribution in [0.4, 0.5) is 0 Å². The smallest absolute Gasteiger partial charge is 0.0535 e. The summed E-state index contributed by atoms with van der Waals surface area (Å²) < 4.78 is 0. The number of nitrogens with zero attached hydrogens (tertiary/aromatic N) is 1. The summed E-state index contributed by atoms with van der Waals surface area (Å²) in [5.74, 6) is 0. The molecule has 4 heteroatoms. The van der Waals surface area contributed by atoms with Crippen molar-refractivity contribution in [1.82, 2.24) is 15.5 Å². The first-order valence-electron chi connectivity index (χ1n) is 6.36. The predicted molar refractivity (Wildman–Crippen MR) is 69.9 cm³/mol. The molecule has 1 aromatic rings. The predicted octanol–water partition coefficient (Wildman–Crippen LogP) is 1.96. The number of aromatic amines is 1. The fraction of sp³-hybridized carbons (Fsp3) is 0.769. The number of H-pyrrole nitrogens is 1. The van der Waals surface area contributed by atoms with Gasteiger partial charge in [0.15, 0.2) is 0 Å². The summed E-state index contributed by atoms with van der Waals surface area (Å²) in [6.45, 7) is 9.71. The van der Waals surface area contributed by atoms with Gasteiger partial charge < -0.3 is 10.4 Å². The van der Waals surface area contributed by atoms with E-state index in [0.29, 0.717) is 6.04 Å². The second-order valence-electron chi connectivity index (χ2n) is 5.52. The molecule has 1 aromatic heterocycles. The van der Waals surface area contributed by atoms with Crippen LogP contribution < -0.4 is 5.32 Å². The van der Waals surface area contributed by atoms with E-state index < -0.39 is 0 Å². The molecule has 1 unspecified atom stereocenters. The second-order valence-corrected chi connectivity index (χ2v) is 5.52. The van der Waals surface area contributed by atoms with E-state index in [0.717, 1.165) is 19.4 Å². The van der Waals surface area contributed by atoms with Gasteiger partial charge in [-0.05, 0) is 12.8 Å². The van der Waals surface area contributed by atoms with Crippen LogP contribution in [-0.2, 0) is 12.0 Å². The summed E-state index contributed by atoms with van der Waals surface area (Å²) in [4.78, 5) is 0. The normalized spacial score (nSPS) is 13.9. The zero-order valence-corrected chi connectivity index (χ0v) is 11.4. The summed E-state index contributed by atoms with van der Waals surface area (Å²) in [5.41, 5.74) is 2.49. The number of aromatic nitrogens is 2. The average Bonchev–Trinajstić information content (AvgIpc) is 2.72. The van der Waals surface area contributed by atoms with Crippen LogP contribution in [0, 0.1) is 0 Å². The lowest BCUT2D eigenvalue weighted by Gasteiger charge is -2.20. The van der Waals surface area contributed by atoms with Crippen LogP contribution >= 0.6 is 0 Å². The molecule has 0 aliphatic rings. The van der Waals surface area contributed by atoms with Gasteiger partial charge in [-0.15, -0.1) is 0 Å². The molecule has 0 aromatic carbocycles. The Morgan fingerprint density at radius 3 is 2.71 bits per heavy atom. The van der Waals surface area contributed by atoms with Crippen molar-refractivity contribution >= 4 is 0 Å². The van der Waals surface area contributed by atoms with Crippen molar-refractivity contribution in [2.24, 2.45) is 0 Å². The molecule has 0 bridgehead atoms. The molecule has 4 nitrogen and oxygen atoms in total. The average molecular weight is 239 g/mol. The Balaban J connectivity index is 2.60. The molecule has 3 N–H and O–H groups in total. The van der Waals surface area contributed by atoms with Gasteiger partial charge in [0.05, 0.1) is 6.20 Å². The minimum absolute atomic E-state index is 0.0895. The van der Waals surface area contributed by atoms with Gasteiger partial charge in [-0.2, -0.15) is 5.10 Å². The van der Waals surface area contributed by atoms with E-state index in [2.05, 4.69) is 43.2 Å². The van der Waals surface area contributed by atoms with E-state index in [1.54, 1.807) is 0 Å². The Morgan fingerprint density at radius 2 is 2.18 bits per heavy atom. The third kappa shape index (κ3) is 4.13. The lowest BCUT2D eigenvalue weighted by molar-refractivity contribution is 0.262. The third-order valence-electron chi connectivity index (χ3n) is 3.02. The van der Waals surface area contributed by atoms with Gasteiger partial charge in [-0.3, -0.25) is 5.10 Å². The lowest BCUT2D eigenvalue weighted by atomic mass is 9.89. The second kappa shape index (κ2) is 6.17. The minimum atomic E-state index is 0.0895. The van der Waals surface area contributed by atoms with E-state index in [-0.39, 0.29) is 12.0 Å². The molecule has 0 saturated carbocycles. The quantitative estimate of drug-likeness (QED) is 0.711. The summed E-state index contributed by atoms with van der Waals surface area (Å²) in [5, 5.41) is 19.6. The number of aliphatic hydroxyl groups excluding tert-OH is 1. The highest BCUT2D eigenvalue weighted by atomic mass is 16.3. The molecule has 98 valence electrons. The summed E-state index contributed by atoms with van der Waals surface area (Å²) in [7, 11) is 0. The third-order valence-corrected chi connectivity index (χ3v) is 3.02. The maximum atomic E-state index is 8.95. The zero-order chi connectivity index (χ0) is 12.9. The highest BCUT2D eigenvalue weighted by Gasteiger charge is 2.20. The van der Waals surface area contributed by atoms with E-state index in [1.165, 1.54) is 11.3 Å². The Kier molecular flexibility index (Phi) is 5.15. The van der Waals surface area contributed by atoms with Crippen molar-refractivity contribution in [2.75, 3.05) is 6.61 Å². The monoisotopic (exact) mass is 239 g/mol. The summed E-state index contributed by atoms with van der Waals surface area (Å²) in [6, 6.07) is 0.378. The number of rotatable bonds is 6. The molecular weight excluding hydrogens is 214 g/mol. The van der Waals surface area contributed by atoms with Crippen LogP contribution in [0.2, 0.25) is 0 Å². The standard InChI is InChI=1S/C13H25N3O/c1-5-11(6-7-17)14-8-10-9-15-16-12(10)13(2,3)4/h9,11,14,17H,5-8H2,1-4H3,(H,15,16). The van der Waals surface area contributed by atoms with Crippen LogP contribution in [0.15, 0.2) is 6.20 Å². The van der Waals surface area contributed by atoms with Crippen molar-refractivity contribution in [3.63, 3.8) is 0 Å². The largest absolute Gasteiger partial charge is 0.396 e. The molecule has 0 aliphatic heterocycles. The van der Waals surface area contributed by atoms with E-state index in [4.69, 9.17) is 5.11 Å². The van der Waals surface area contributed by atoms with Crippen LogP contribution in [0.3, 0.4) is 0 Å². The van der Waals surface area contributed by atoms with Gasteiger partial charge in [0.1, 0.15) is 0 Å². The molecule has 0 amide bonds. The van der Waals surface area contributed by atoms with Gasteiger partial charge in [-0.1, -0.05) is 27.7 Å². The van der Waals surface area contributed by atoms with Crippen LogP contribution in [0.25, 0.3) is 0 Å². The Bertz CT molecular complexity index is 328. The van der Waals surface area contributed by atoms with Gasteiger partial charge in [-0.25, -0.2) is 0 Å². The fourth-order valence-corrected chi connectivity index (χ4v) is 1.96. The Hall–Kier alpha value is -0.870. The van der Waals surface area contributed by atoms with Crippen LogP contribution in [0.5, 0.6) is 0 Å². The molecule has 0 fully saturated rings. The number of hydrogen-bond acceptors (Lipinski definition) is 3. The topological polar surface area (TPSA) is 60.9 Å². The highest BCUT2D eigenvalue weighted by molar-refractivity contribution is 5.23. The molecule has 0 spiro atoms. The highest BCUT2D eigenvalue weighted by Crippen LogP contribution is 2.23. The van der Waals surface area contributed by atoms with Gasteiger partial charge in [0.2, 0.25) is 0 Å². The molecule has 0 aliphatic carbocycles. The molecule has 1 heterocycles. The van der Waals surface area contributed by atoms with Crippen molar-refractivity contribution in [3.05, 3.63) is 17.5 Å². The maximum absolute atomic E-state index is 8.95. The van der Waals surface area contributed by atoms with Crippen molar-refractivity contribution < 1.29 is 5.11 Å². The molecular formula is C13H25N3O.